The molecule has 0 radical (unpaired) electrons. The molecule has 1 aromatic heterocycles. The Labute approximate surface area is 126 Å². The van der Waals surface area contributed by atoms with E-state index in [4.69, 9.17) is 5.11 Å². The standard InChI is InChI=1S/C10H7NO2.C5H7NOS/c12-10(13)8-5-6-11-9-4-2-1-3-7(8)9;1-5(7)6-2-3-8-4-6/h1-6H,(H,12,13);2-3H,4H2,1H3. The molecule has 3 rings (SSSR count). The molecule has 0 atom stereocenters. The maximum absolute atomic E-state index is 10.8. The number of carboxylic acids is 1. The average molecular weight is 302 g/mol. The normalized spacial score (nSPS) is 12.9. The van der Waals surface area contributed by atoms with Crippen molar-refractivity contribution < 1.29 is 14.7 Å². The largest absolute Gasteiger partial charge is 0.478 e. The van der Waals surface area contributed by atoms with Gasteiger partial charge in [-0.2, -0.15) is 0 Å². The number of carbonyl (C=O) groups excluding carboxylic acids is 1. The van der Waals surface area contributed by atoms with Crippen LogP contribution in [-0.4, -0.2) is 32.7 Å². The molecule has 6 heteroatoms. The minimum Gasteiger partial charge on any atom is -0.478 e. The fraction of sp³-hybridized carbons (Fsp3) is 0.133. The molecule has 1 aliphatic rings. The van der Waals surface area contributed by atoms with Crippen molar-refractivity contribution in [2.24, 2.45) is 0 Å². The Morgan fingerprint density at radius 3 is 2.62 bits per heavy atom. The highest BCUT2D eigenvalue weighted by Gasteiger charge is 2.07. The molecule has 0 fully saturated rings. The van der Waals surface area contributed by atoms with Crippen LogP contribution >= 0.6 is 11.8 Å². The van der Waals surface area contributed by atoms with Crippen molar-refractivity contribution in [1.82, 2.24) is 9.88 Å². The number of hydrogen-bond acceptors (Lipinski definition) is 4. The van der Waals surface area contributed by atoms with Crippen LogP contribution in [-0.2, 0) is 4.79 Å². The van der Waals surface area contributed by atoms with Gasteiger partial charge in [0.25, 0.3) is 0 Å². The minimum absolute atomic E-state index is 0.117. The van der Waals surface area contributed by atoms with Crippen molar-refractivity contribution in [2.75, 3.05) is 5.88 Å². The molecule has 0 saturated carbocycles. The van der Waals surface area contributed by atoms with Gasteiger partial charge in [0.1, 0.15) is 0 Å². The predicted molar refractivity (Wildman–Crippen MR) is 82.8 cm³/mol. The van der Waals surface area contributed by atoms with E-state index in [1.165, 1.54) is 12.3 Å². The minimum atomic E-state index is -0.918. The Balaban J connectivity index is 0.000000173. The van der Waals surface area contributed by atoms with E-state index < -0.39 is 5.97 Å². The second kappa shape index (κ2) is 6.90. The number of amides is 1. The highest BCUT2D eigenvalue weighted by Crippen LogP contribution is 2.15. The van der Waals surface area contributed by atoms with Crippen LogP contribution in [0.4, 0.5) is 0 Å². The number of thioether (sulfide) groups is 1. The molecule has 0 spiro atoms. The van der Waals surface area contributed by atoms with Gasteiger partial charge in [0.15, 0.2) is 0 Å². The molecule has 2 heterocycles. The first-order valence-electron chi connectivity index (χ1n) is 6.22. The highest BCUT2D eigenvalue weighted by molar-refractivity contribution is 8.02. The monoisotopic (exact) mass is 302 g/mol. The first-order valence-corrected chi connectivity index (χ1v) is 7.27. The van der Waals surface area contributed by atoms with Gasteiger partial charge < -0.3 is 10.0 Å². The lowest BCUT2D eigenvalue weighted by molar-refractivity contribution is -0.125. The first-order chi connectivity index (χ1) is 10.1. The van der Waals surface area contributed by atoms with E-state index in [0.29, 0.717) is 16.5 Å². The molecule has 1 aliphatic heterocycles. The summed E-state index contributed by atoms with van der Waals surface area (Å²) >= 11 is 1.64. The Kier molecular flexibility index (Phi) is 4.94. The summed E-state index contributed by atoms with van der Waals surface area (Å²) in [7, 11) is 0. The molecule has 2 aromatic rings. The van der Waals surface area contributed by atoms with Crippen LogP contribution in [0.25, 0.3) is 10.9 Å². The molecular weight excluding hydrogens is 288 g/mol. The third-order valence-corrected chi connectivity index (χ3v) is 3.58. The number of pyridine rings is 1. The molecular formula is C15H14N2O3S. The van der Waals surface area contributed by atoms with E-state index in [-0.39, 0.29) is 5.91 Å². The number of aromatic carboxylic acids is 1. The molecule has 1 amide bonds. The van der Waals surface area contributed by atoms with E-state index in [2.05, 4.69) is 4.98 Å². The summed E-state index contributed by atoms with van der Waals surface area (Å²) in [5, 5.41) is 11.5. The second-order valence-electron chi connectivity index (χ2n) is 4.25. The van der Waals surface area contributed by atoms with Crippen LogP contribution in [0.1, 0.15) is 17.3 Å². The maximum atomic E-state index is 10.8. The third kappa shape index (κ3) is 3.82. The number of carboxylic acid groups (broad SMARTS) is 1. The summed E-state index contributed by atoms with van der Waals surface area (Å²) in [4.78, 5) is 27.0. The van der Waals surface area contributed by atoms with E-state index >= 15 is 0 Å². The van der Waals surface area contributed by atoms with Gasteiger partial charge in [-0.15, -0.1) is 11.8 Å². The average Bonchev–Trinajstić information content (AvgIpc) is 3.01. The van der Waals surface area contributed by atoms with Crippen molar-refractivity contribution in [1.29, 1.82) is 0 Å². The van der Waals surface area contributed by atoms with Crippen molar-refractivity contribution in [3.05, 3.63) is 53.7 Å². The number of carbonyl (C=O) groups is 2. The Bertz CT molecular complexity index is 695. The summed E-state index contributed by atoms with van der Waals surface area (Å²) in [6.07, 6.45) is 3.30. The van der Waals surface area contributed by atoms with Crippen molar-refractivity contribution in [3.8, 4) is 0 Å². The summed E-state index contributed by atoms with van der Waals surface area (Å²) in [6, 6.07) is 8.69. The van der Waals surface area contributed by atoms with Crippen LogP contribution in [0.2, 0.25) is 0 Å². The molecule has 5 nitrogen and oxygen atoms in total. The van der Waals surface area contributed by atoms with E-state index in [0.717, 1.165) is 5.88 Å². The van der Waals surface area contributed by atoms with Crippen LogP contribution in [0.15, 0.2) is 48.1 Å². The lowest BCUT2D eigenvalue weighted by Gasteiger charge is -2.06. The van der Waals surface area contributed by atoms with Gasteiger partial charge >= 0.3 is 5.97 Å². The molecule has 0 unspecified atom stereocenters. The number of nitrogens with zero attached hydrogens (tertiary/aromatic N) is 2. The van der Waals surface area contributed by atoms with Crippen LogP contribution in [0.3, 0.4) is 0 Å². The lowest BCUT2D eigenvalue weighted by Crippen LogP contribution is -2.18. The fourth-order valence-corrected chi connectivity index (χ4v) is 2.51. The quantitative estimate of drug-likeness (QED) is 0.877. The smallest absolute Gasteiger partial charge is 0.336 e. The van der Waals surface area contributed by atoms with Gasteiger partial charge in [-0.25, -0.2) is 4.79 Å². The van der Waals surface area contributed by atoms with Crippen LogP contribution < -0.4 is 0 Å². The Hall–Kier alpha value is -2.34. The van der Waals surface area contributed by atoms with Crippen molar-refractivity contribution in [3.63, 3.8) is 0 Å². The summed E-state index contributed by atoms with van der Waals surface area (Å²) in [5.74, 6) is -0.0140. The molecule has 0 saturated heterocycles. The predicted octanol–water partition coefficient (Wildman–Crippen LogP) is 2.94. The zero-order valence-electron chi connectivity index (χ0n) is 11.4. The van der Waals surface area contributed by atoms with Crippen LogP contribution in [0.5, 0.6) is 0 Å². The number of hydrogen-bond donors (Lipinski definition) is 1. The number of para-hydroxylation sites is 1. The molecule has 21 heavy (non-hydrogen) atoms. The van der Waals surface area contributed by atoms with E-state index in [9.17, 15) is 9.59 Å². The zero-order chi connectivity index (χ0) is 15.2. The zero-order valence-corrected chi connectivity index (χ0v) is 12.2. The number of rotatable bonds is 1. The lowest BCUT2D eigenvalue weighted by atomic mass is 10.1. The third-order valence-electron chi connectivity index (χ3n) is 2.83. The van der Waals surface area contributed by atoms with Gasteiger partial charge in [-0.1, -0.05) is 18.2 Å². The van der Waals surface area contributed by atoms with E-state index in [1.807, 2.05) is 11.5 Å². The number of aromatic nitrogens is 1. The number of fused-ring (bicyclic) bond motifs is 1. The van der Waals surface area contributed by atoms with Gasteiger partial charge in [0.2, 0.25) is 5.91 Å². The second-order valence-corrected chi connectivity index (χ2v) is 5.11. The Morgan fingerprint density at radius 2 is 2.05 bits per heavy atom. The summed E-state index contributed by atoms with van der Waals surface area (Å²) in [5.41, 5.74) is 1.01. The topological polar surface area (TPSA) is 70.5 Å². The molecule has 0 aliphatic carbocycles. The van der Waals surface area contributed by atoms with E-state index in [1.54, 1.807) is 48.0 Å². The fourth-order valence-electron chi connectivity index (χ4n) is 1.76. The van der Waals surface area contributed by atoms with Crippen molar-refractivity contribution in [2.45, 2.75) is 6.92 Å². The maximum Gasteiger partial charge on any atom is 0.336 e. The van der Waals surface area contributed by atoms with Crippen molar-refractivity contribution >= 4 is 34.5 Å². The summed E-state index contributed by atoms with van der Waals surface area (Å²) in [6.45, 7) is 1.57. The van der Waals surface area contributed by atoms with Gasteiger partial charge in [-0.05, 0) is 17.5 Å². The summed E-state index contributed by atoms with van der Waals surface area (Å²) < 4.78 is 0. The first kappa shape index (κ1) is 15.1. The Morgan fingerprint density at radius 1 is 1.29 bits per heavy atom. The molecule has 1 N–H and O–H groups in total. The SMILES string of the molecule is CC(=O)N1C=CSC1.O=C(O)c1ccnc2ccccc12. The van der Waals surface area contributed by atoms with Gasteiger partial charge in [0, 0.05) is 24.7 Å². The molecule has 0 bridgehead atoms. The van der Waals surface area contributed by atoms with Gasteiger partial charge in [0.05, 0.1) is 17.0 Å². The van der Waals surface area contributed by atoms with Crippen LogP contribution in [0, 0.1) is 0 Å². The molecule has 1 aromatic carbocycles. The highest BCUT2D eigenvalue weighted by atomic mass is 32.2. The number of benzene rings is 1. The molecule has 108 valence electrons. The van der Waals surface area contributed by atoms with Gasteiger partial charge in [-0.3, -0.25) is 9.78 Å².